The van der Waals surface area contributed by atoms with Crippen LogP contribution in [-0.4, -0.2) is 27.3 Å². The van der Waals surface area contributed by atoms with Gasteiger partial charge in [-0.25, -0.2) is 0 Å². The van der Waals surface area contributed by atoms with E-state index in [0.717, 1.165) is 16.5 Å². The van der Waals surface area contributed by atoms with E-state index in [2.05, 4.69) is 15.5 Å². The molecule has 0 radical (unpaired) electrons. The van der Waals surface area contributed by atoms with Crippen LogP contribution in [-0.2, 0) is 11.3 Å². The summed E-state index contributed by atoms with van der Waals surface area (Å²) in [7, 11) is 0. The molecule has 0 saturated carbocycles. The molecule has 0 aliphatic heterocycles. The number of fused-ring (bicyclic) bond motifs is 1. The number of aryl methyl sites for hydroxylation is 1. The van der Waals surface area contributed by atoms with E-state index in [1.807, 2.05) is 66.2 Å². The molecule has 1 amide bonds. The van der Waals surface area contributed by atoms with Gasteiger partial charge in [-0.1, -0.05) is 30.3 Å². The molecular formula is C21H20N4O3. The highest BCUT2D eigenvalue weighted by molar-refractivity contribution is 5.97. The molecule has 0 aliphatic rings. The van der Waals surface area contributed by atoms with Crippen molar-refractivity contribution in [1.82, 2.24) is 14.8 Å². The van der Waals surface area contributed by atoms with Crippen LogP contribution in [0, 0.1) is 6.92 Å². The van der Waals surface area contributed by atoms with E-state index in [9.17, 15) is 4.79 Å². The standard InChI is InChI=1S/C21H20N4O3/c1-3-27-19-11-7-5-9-17(19)22-20(26)13-25-12-16(21-24-23-14(2)28-21)15-8-4-6-10-18(15)25/h4-12H,3,13H2,1-2H3,(H,22,26). The van der Waals surface area contributed by atoms with Crippen molar-refractivity contribution in [2.45, 2.75) is 20.4 Å². The zero-order valence-electron chi connectivity index (χ0n) is 15.7. The molecule has 2 aromatic heterocycles. The molecule has 4 rings (SSSR count). The van der Waals surface area contributed by atoms with Gasteiger partial charge in [-0.2, -0.15) is 0 Å². The first-order valence-electron chi connectivity index (χ1n) is 9.05. The van der Waals surface area contributed by atoms with Crippen LogP contribution >= 0.6 is 0 Å². The van der Waals surface area contributed by atoms with Gasteiger partial charge in [-0.3, -0.25) is 4.79 Å². The summed E-state index contributed by atoms with van der Waals surface area (Å²) in [6.45, 7) is 4.33. The van der Waals surface area contributed by atoms with Crippen molar-refractivity contribution in [2.24, 2.45) is 0 Å². The second-order valence-corrected chi connectivity index (χ2v) is 6.29. The zero-order chi connectivity index (χ0) is 19.5. The van der Waals surface area contributed by atoms with E-state index in [1.165, 1.54) is 0 Å². The monoisotopic (exact) mass is 376 g/mol. The van der Waals surface area contributed by atoms with Crippen LogP contribution in [0.3, 0.4) is 0 Å². The number of anilines is 1. The number of aromatic nitrogens is 3. The SMILES string of the molecule is CCOc1ccccc1NC(=O)Cn1cc(-c2nnc(C)o2)c2ccccc21. The molecular weight excluding hydrogens is 356 g/mol. The molecule has 4 aromatic rings. The Balaban J connectivity index is 1.63. The molecule has 0 spiro atoms. The third-order valence-electron chi connectivity index (χ3n) is 4.32. The van der Waals surface area contributed by atoms with E-state index >= 15 is 0 Å². The summed E-state index contributed by atoms with van der Waals surface area (Å²) in [5.41, 5.74) is 2.37. The molecule has 142 valence electrons. The van der Waals surface area contributed by atoms with Crippen molar-refractivity contribution in [1.29, 1.82) is 0 Å². The van der Waals surface area contributed by atoms with E-state index in [4.69, 9.17) is 9.15 Å². The summed E-state index contributed by atoms with van der Waals surface area (Å²) in [5, 5.41) is 11.9. The first kappa shape index (κ1) is 17.8. The van der Waals surface area contributed by atoms with Crippen LogP contribution in [0.5, 0.6) is 5.75 Å². The third-order valence-corrected chi connectivity index (χ3v) is 4.32. The average Bonchev–Trinajstić information content (AvgIpc) is 3.27. The van der Waals surface area contributed by atoms with Crippen molar-refractivity contribution in [3.63, 3.8) is 0 Å². The first-order chi connectivity index (χ1) is 13.7. The molecule has 2 heterocycles. The van der Waals surface area contributed by atoms with E-state index in [-0.39, 0.29) is 12.5 Å². The number of nitrogens with zero attached hydrogens (tertiary/aromatic N) is 3. The average molecular weight is 376 g/mol. The number of hydrogen-bond acceptors (Lipinski definition) is 5. The quantitative estimate of drug-likeness (QED) is 0.549. The summed E-state index contributed by atoms with van der Waals surface area (Å²) in [6, 6.07) is 15.2. The maximum Gasteiger partial charge on any atom is 0.249 e. The van der Waals surface area contributed by atoms with E-state index < -0.39 is 0 Å². The molecule has 0 bridgehead atoms. The lowest BCUT2D eigenvalue weighted by Gasteiger charge is -2.12. The van der Waals surface area contributed by atoms with Crippen LogP contribution in [0.15, 0.2) is 59.1 Å². The number of carbonyl (C=O) groups is 1. The normalized spacial score (nSPS) is 10.9. The van der Waals surface area contributed by atoms with Gasteiger partial charge < -0.3 is 19.0 Å². The van der Waals surface area contributed by atoms with Crippen LogP contribution < -0.4 is 10.1 Å². The summed E-state index contributed by atoms with van der Waals surface area (Å²) in [5.74, 6) is 1.44. The molecule has 28 heavy (non-hydrogen) atoms. The van der Waals surface area contributed by atoms with E-state index in [0.29, 0.717) is 29.8 Å². The fourth-order valence-electron chi connectivity index (χ4n) is 3.15. The summed E-state index contributed by atoms with van der Waals surface area (Å²) < 4.78 is 13.0. The highest BCUT2D eigenvalue weighted by Crippen LogP contribution is 2.30. The molecule has 0 atom stereocenters. The number of ether oxygens (including phenoxy) is 1. The first-order valence-corrected chi connectivity index (χ1v) is 9.05. The van der Waals surface area contributed by atoms with Gasteiger partial charge in [0.2, 0.25) is 17.7 Å². The predicted molar refractivity (Wildman–Crippen MR) is 106 cm³/mol. The molecule has 0 saturated heterocycles. The summed E-state index contributed by atoms with van der Waals surface area (Å²) in [4.78, 5) is 12.7. The Hall–Kier alpha value is -3.61. The fourth-order valence-corrected chi connectivity index (χ4v) is 3.15. The van der Waals surface area contributed by atoms with Gasteiger partial charge in [0.25, 0.3) is 0 Å². The number of rotatable bonds is 6. The Labute approximate surface area is 161 Å². The van der Waals surface area contributed by atoms with Crippen molar-refractivity contribution >= 4 is 22.5 Å². The van der Waals surface area contributed by atoms with Crippen molar-refractivity contribution in [3.8, 4) is 17.2 Å². The number of carbonyl (C=O) groups excluding carboxylic acids is 1. The Morgan fingerprint density at radius 1 is 1.14 bits per heavy atom. The van der Waals surface area contributed by atoms with Crippen molar-refractivity contribution in [2.75, 3.05) is 11.9 Å². The van der Waals surface area contributed by atoms with E-state index in [1.54, 1.807) is 6.92 Å². The van der Waals surface area contributed by atoms with Gasteiger partial charge in [0.05, 0.1) is 17.9 Å². The van der Waals surface area contributed by atoms with Crippen LogP contribution in [0.1, 0.15) is 12.8 Å². The number of para-hydroxylation sites is 3. The van der Waals surface area contributed by atoms with Crippen LogP contribution in [0.25, 0.3) is 22.4 Å². The number of hydrogen-bond donors (Lipinski definition) is 1. The zero-order valence-corrected chi connectivity index (χ0v) is 15.7. The Bertz CT molecular complexity index is 1130. The highest BCUT2D eigenvalue weighted by atomic mass is 16.5. The second-order valence-electron chi connectivity index (χ2n) is 6.29. The minimum atomic E-state index is -0.152. The van der Waals surface area contributed by atoms with Crippen molar-refractivity contribution < 1.29 is 13.9 Å². The molecule has 7 nitrogen and oxygen atoms in total. The Morgan fingerprint density at radius 2 is 1.93 bits per heavy atom. The largest absolute Gasteiger partial charge is 0.492 e. The van der Waals surface area contributed by atoms with Crippen LogP contribution in [0.2, 0.25) is 0 Å². The Morgan fingerprint density at radius 3 is 2.71 bits per heavy atom. The number of benzene rings is 2. The van der Waals surface area contributed by atoms with Gasteiger partial charge in [-0.15, -0.1) is 10.2 Å². The van der Waals surface area contributed by atoms with Gasteiger partial charge >= 0.3 is 0 Å². The topological polar surface area (TPSA) is 82.2 Å². The molecule has 2 aromatic carbocycles. The number of amides is 1. The molecule has 0 aliphatic carbocycles. The highest BCUT2D eigenvalue weighted by Gasteiger charge is 2.16. The van der Waals surface area contributed by atoms with Crippen molar-refractivity contribution in [3.05, 3.63) is 60.6 Å². The minimum Gasteiger partial charge on any atom is -0.492 e. The molecule has 7 heteroatoms. The lowest BCUT2D eigenvalue weighted by atomic mass is 10.2. The predicted octanol–water partition coefficient (Wildman–Crippen LogP) is 4.04. The lowest BCUT2D eigenvalue weighted by molar-refractivity contribution is -0.116. The third kappa shape index (κ3) is 3.46. The van der Waals surface area contributed by atoms with Gasteiger partial charge in [0, 0.05) is 24.0 Å². The summed E-state index contributed by atoms with van der Waals surface area (Å²) in [6.07, 6.45) is 1.87. The molecule has 0 fully saturated rings. The molecule has 0 unspecified atom stereocenters. The van der Waals surface area contributed by atoms with Gasteiger partial charge in [-0.05, 0) is 25.1 Å². The smallest absolute Gasteiger partial charge is 0.249 e. The van der Waals surface area contributed by atoms with Crippen LogP contribution in [0.4, 0.5) is 5.69 Å². The lowest BCUT2D eigenvalue weighted by Crippen LogP contribution is -2.18. The second kappa shape index (κ2) is 7.56. The molecule has 1 N–H and O–H groups in total. The Kier molecular flexibility index (Phi) is 4.80. The maximum atomic E-state index is 12.7. The van der Waals surface area contributed by atoms with Gasteiger partial charge in [0.15, 0.2) is 0 Å². The fraction of sp³-hybridized carbons (Fsp3) is 0.190. The van der Waals surface area contributed by atoms with Gasteiger partial charge in [0.1, 0.15) is 12.3 Å². The minimum absolute atomic E-state index is 0.147. The number of nitrogens with one attached hydrogen (secondary N) is 1. The maximum absolute atomic E-state index is 12.7. The summed E-state index contributed by atoms with van der Waals surface area (Å²) >= 11 is 0.